The van der Waals surface area contributed by atoms with E-state index in [0.29, 0.717) is 5.92 Å². The van der Waals surface area contributed by atoms with Crippen LogP contribution < -0.4 is 0 Å². The van der Waals surface area contributed by atoms with Gasteiger partial charge in [-0.25, -0.2) is 4.68 Å². The fourth-order valence-corrected chi connectivity index (χ4v) is 3.33. The van der Waals surface area contributed by atoms with Gasteiger partial charge in [0.1, 0.15) is 5.75 Å². The molecule has 1 heterocycles. The van der Waals surface area contributed by atoms with Gasteiger partial charge in [-0.15, -0.1) is 0 Å². The number of aryl methyl sites for hydroxylation is 1. The molecule has 0 unspecified atom stereocenters. The Morgan fingerprint density at radius 3 is 2.38 bits per heavy atom. The third-order valence-electron chi connectivity index (χ3n) is 4.87. The Kier molecular flexibility index (Phi) is 4.00. The van der Waals surface area contributed by atoms with Crippen molar-refractivity contribution in [3.05, 3.63) is 78.0 Å². The van der Waals surface area contributed by atoms with Crippen LogP contribution >= 0.6 is 0 Å². The summed E-state index contributed by atoms with van der Waals surface area (Å²) in [4.78, 5) is 0. The SMILES string of the molecule is Cc1cc(-c2ccc3ccccc3c2O)nn1-c1ccc(C(C)C)cc1. The van der Waals surface area contributed by atoms with Crippen molar-refractivity contribution in [2.45, 2.75) is 26.7 Å². The lowest BCUT2D eigenvalue weighted by Crippen LogP contribution is -1.99. The molecule has 0 bridgehead atoms. The fourth-order valence-electron chi connectivity index (χ4n) is 3.33. The minimum Gasteiger partial charge on any atom is -0.507 e. The largest absolute Gasteiger partial charge is 0.507 e. The summed E-state index contributed by atoms with van der Waals surface area (Å²) in [5.74, 6) is 0.788. The molecule has 0 amide bonds. The first-order valence-electron chi connectivity index (χ1n) is 8.92. The molecule has 26 heavy (non-hydrogen) atoms. The Hall–Kier alpha value is -3.07. The van der Waals surface area contributed by atoms with E-state index in [9.17, 15) is 5.11 Å². The zero-order valence-electron chi connectivity index (χ0n) is 15.3. The highest BCUT2D eigenvalue weighted by atomic mass is 16.3. The van der Waals surface area contributed by atoms with Gasteiger partial charge in [-0.1, -0.05) is 56.3 Å². The summed E-state index contributed by atoms with van der Waals surface area (Å²) in [6.07, 6.45) is 0. The zero-order valence-corrected chi connectivity index (χ0v) is 15.3. The molecule has 0 fully saturated rings. The van der Waals surface area contributed by atoms with Crippen LogP contribution in [0.4, 0.5) is 0 Å². The molecule has 1 aromatic heterocycles. The van der Waals surface area contributed by atoms with Crippen LogP contribution in [-0.4, -0.2) is 14.9 Å². The van der Waals surface area contributed by atoms with E-state index in [0.717, 1.165) is 33.4 Å². The number of benzene rings is 3. The summed E-state index contributed by atoms with van der Waals surface area (Å²) in [5, 5.41) is 17.3. The van der Waals surface area contributed by atoms with Gasteiger partial charge in [-0.2, -0.15) is 5.10 Å². The highest BCUT2D eigenvalue weighted by Gasteiger charge is 2.14. The van der Waals surface area contributed by atoms with Crippen LogP contribution in [0.3, 0.4) is 0 Å². The van der Waals surface area contributed by atoms with E-state index >= 15 is 0 Å². The molecule has 0 aliphatic rings. The molecule has 0 radical (unpaired) electrons. The first-order valence-corrected chi connectivity index (χ1v) is 8.92. The average molecular weight is 342 g/mol. The van der Waals surface area contributed by atoms with Crippen molar-refractivity contribution < 1.29 is 5.11 Å². The number of rotatable bonds is 3. The van der Waals surface area contributed by atoms with Gasteiger partial charge in [-0.05, 0) is 48.1 Å². The van der Waals surface area contributed by atoms with Crippen molar-refractivity contribution in [3.63, 3.8) is 0 Å². The summed E-state index contributed by atoms with van der Waals surface area (Å²) in [6.45, 7) is 6.41. The molecule has 1 N–H and O–H groups in total. The predicted octanol–water partition coefficient (Wildman–Crippen LogP) is 5.83. The van der Waals surface area contributed by atoms with Crippen LogP contribution in [0.5, 0.6) is 5.75 Å². The van der Waals surface area contributed by atoms with Gasteiger partial charge >= 0.3 is 0 Å². The molecule has 3 aromatic carbocycles. The lowest BCUT2D eigenvalue weighted by atomic mass is 10.0. The first-order chi connectivity index (χ1) is 12.5. The van der Waals surface area contributed by atoms with Crippen LogP contribution in [0.15, 0.2) is 66.7 Å². The number of aromatic hydroxyl groups is 1. The van der Waals surface area contributed by atoms with E-state index in [1.54, 1.807) is 0 Å². The summed E-state index contributed by atoms with van der Waals surface area (Å²) < 4.78 is 1.92. The maximum atomic E-state index is 10.7. The summed E-state index contributed by atoms with van der Waals surface area (Å²) in [6, 6.07) is 22.3. The average Bonchev–Trinajstić information content (AvgIpc) is 3.04. The highest BCUT2D eigenvalue weighted by Crippen LogP contribution is 2.35. The molecule has 0 saturated heterocycles. The molecule has 3 nitrogen and oxygen atoms in total. The minimum absolute atomic E-state index is 0.280. The number of fused-ring (bicyclic) bond motifs is 1. The number of aromatic nitrogens is 2. The van der Waals surface area contributed by atoms with E-state index in [1.807, 2.05) is 54.1 Å². The maximum absolute atomic E-state index is 10.7. The van der Waals surface area contributed by atoms with Gasteiger partial charge in [0.25, 0.3) is 0 Å². The van der Waals surface area contributed by atoms with Gasteiger partial charge in [0.15, 0.2) is 0 Å². The van der Waals surface area contributed by atoms with Crippen LogP contribution in [0, 0.1) is 6.92 Å². The van der Waals surface area contributed by atoms with E-state index in [-0.39, 0.29) is 5.75 Å². The number of nitrogens with zero attached hydrogens (tertiary/aromatic N) is 2. The summed E-state index contributed by atoms with van der Waals surface area (Å²) in [5.41, 5.74) is 4.90. The lowest BCUT2D eigenvalue weighted by Gasteiger charge is -2.08. The van der Waals surface area contributed by atoms with E-state index in [4.69, 9.17) is 5.10 Å². The fraction of sp³-hybridized carbons (Fsp3) is 0.174. The normalized spacial score (nSPS) is 11.4. The molecule has 0 aliphatic heterocycles. The topological polar surface area (TPSA) is 38.1 Å². The molecule has 0 aliphatic carbocycles. The zero-order chi connectivity index (χ0) is 18.3. The van der Waals surface area contributed by atoms with E-state index < -0.39 is 0 Å². The maximum Gasteiger partial charge on any atom is 0.132 e. The molecule has 4 aromatic rings. The molecule has 0 atom stereocenters. The Morgan fingerprint density at radius 1 is 0.923 bits per heavy atom. The van der Waals surface area contributed by atoms with Gasteiger partial charge in [0.05, 0.1) is 11.4 Å². The Labute approximate surface area is 153 Å². The molecular formula is C23H22N2O. The second-order valence-electron chi connectivity index (χ2n) is 7.01. The van der Waals surface area contributed by atoms with Crippen molar-refractivity contribution in [3.8, 4) is 22.7 Å². The molecule has 3 heteroatoms. The van der Waals surface area contributed by atoms with Crippen molar-refractivity contribution in [1.82, 2.24) is 9.78 Å². The third kappa shape index (κ3) is 2.76. The predicted molar refractivity (Wildman–Crippen MR) is 107 cm³/mol. The van der Waals surface area contributed by atoms with Gasteiger partial charge in [0.2, 0.25) is 0 Å². The monoisotopic (exact) mass is 342 g/mol. The molecular weight excluding hydrogens is 320 g/mol. The summed E-state index contributed by atoms with van der Waals surface area (Å²) in [7, 11) is 0. The number of phenols is 1. The Morgan fingerprint density at radius 2 is 1.65 bits per heavy atom. The third-order valence-corrected chi connectivity index (χ3v) is 4.87. The quantitative estimate of drug-likeness (QED) is 0.508. The molecule has 0 saturated carbocycles. The van der Waals surface area contributed by atoms with E-state index in [1.165, 1.54) is 5.56 Å². The number of hydrogen-bond donors (Lipinski definition) is 1. The minimum atomic E-state index is 0.280. The lowest BCUT2D eigenvalue weighted by molar-refractivity contribution is 0.483. The second-order valence-corrected chi connectivity index (χ2v) is 7.01. The van der Waals surface area contributed by atoms with Crippen molar-refractivity contribution >= 4 is 10.8 Å². The van der Waals surface area contributed by atoms with E-state index in [2.05, 4.69) is 38.1 Å². The second kappa shape index (κ2) is 6.34. The van der Waals surface area contributed by atoms with Gasteiger partial charge in [-0.3, -0.25) is 0 Å². The van der Waals surface area contributed by atoms with Crippen LogP contribution in [0.25, 0.3) is 27.7 Å². The van der Waals surface area contributed by atoms with Crippen molar-refractivity contribution in [1.29, 1.82) is 0 Å². The summed E-state index contributed by atoms with van der Waals surface area (Å²) >= 11 is 0. The van der Waals surface area contributed by atoms with Crippen LogP contribution in [0.1, 0.15) is 31.0 Å². The van der Waals surface area contributed by atoms with Crippen molar-refractivity contribution in [2.75, 3.05) is 0 Å². The highest BCUT2D eigenvalue weighted by molar-refractivity contribution is 5.94. The Bertz CT molecular complexity index is 1080. The molecule has 4 rings (SSSR count). The number of hydrogen-bond acceptors (Lipinski definition) is 2. The first kappa shape index (κ1) is 16.4. The van der Waals surface area contributed by atoms with Gasteiger partial charge < -0.3 is 5.11 Å². The van der Waals surface area contributed by atoms with Crippen molar-refractivity contribution in [2.24, 2.45) is 0 Å². The smallest absolute Gasteiger partial charge is 0.132 e. The number of phenolic OH excluding ortho intramolecular Hbond substituents is 1. The molecule has 130 valence electrons. The van der Waals surface area contributed by atoms with Crippen LogP contribution in [0.2, 0.25) is 0 Å². The Balaban J connectivity index is 1.78. The standard InChI is InChI=1S/C23H22N2O/c1-15(2)17-8-11-19(12-9-17)25-16(3)14-22(24-25)21-13-10-18-6-4-5-7-20(18)23(21)26/h4-15,26H,1-3H3. The van der Waals surface area contributed by atoms with Gasteiger partial charge in [0, 0.05) is 16.6 Å². The van der Waals surface area contributed by atoms with Crippen LogP contribution in [-0.2, 0) is 0 Å². The molecule has 0 spiro atoms.